The van der Waals surface area contributed by atoms with Crippen LogP contribution in [0.3, 0.4) is 0 Å². The molecule has 0 aliphatic heterocycles. The number of nitriles is 1. The Bertz CT molecular complexity index is 1430. The Morgan fingerprint density at radius 2 is 1.91 bits per heavy atom. The number of hydrogen-bond acceptors (Lipinski definition) is 7. The van der Waals surface area contributed by atoms with Crippen molar-refractivity contribution in [2.24, 2.45) is 0 Å². The molecule has 3 aromatic carbocycles. The van der Waals surface area contributed by atoms with Gasteiger partial charge in [-0.25, -0.2) is 4.98 Å². The zero-order chi connectivity index (χ0) is 24.8. The van der Waals surface area contributed by atoms with E-state index in [-0.39, 0.29) is 12.3 Å². The molecule has 0 bridgehead atoms. The van der Waals surface area contributed by atoms with E-state index >= 15 is 0 Å². The zero-order valence-electron chi connectivity index (χ0n) is 19.1. The summed E-state index contributed by atoms with van der Waals surface area (Å²) in [6, 6.07) is 19.2. The van der Waals surface area contributed by atoms with Gasteiger partial charge >= 0.3 is 0 Å². The van der Waals surface area contributed by atoms with Crippen LogP contribution in [0.2, 0.25) is 0 Å². The first kappa shape index (κ1) is 23.3. The molecule has 0 saturated heterocycles. The highest BCUT2D eigenvalue weighted by Crippen LogP contribution is 2.31. The Morgan fingerprint density at radius 3 is 2.60 bits per heavy atom. The molecule has 0 amide bonds. The normalized spacial score (nSPS) is 11.2. The third-order valence-electron chi connectivity index (χ3n) is 5.18. The highest BCUT2D eigenvalue weighted by molar-refractivity contribution is 5.90. The van der Waals surface area contributed by atoms with Crippen LogP contribution in [-0.2, 0) is 6.61 Å². The summed E-state index contributed by atoms with van der Waals surface area (Å²) in [6.07, 6.45) is 1.72. The lowest BCUT2D eigenvalue weighted by atomic mass is 10.1. The Labute approximate surface area is 201 Å². The number of ether oxygens (including phenoxy) is 3. The molecule has 1 heterocycles. The van der Waals surface area contributed by atoms with E-state index in [2.05, 4.69) is 16.0 Å². The van der Waals surface area contributed by atoms with Gasteiger partial charge in [0.2, 0.25) is 0 Å². The summed E-state index contributed by atoms with van der Waals surface area (Å²) in [5.74, 6) is 2.19. The van der Waals surface area contributed by atoms with Crippen LogP contribution < -0.4 is 14.2 Å². The number of imidazole rings is 1. The second kappa shape index (κ2) is 10.4. The number of nitrogens with zero attached hydrogens (tertiary/aromatic N) is 3. The summed E-state index contributed by atoms with van der Waals surface area (Å²) in [5, 5.41) is 20.6. The highest BCUT2D eigenvalue weighted by atomic mass is 16.6. The second-order valence-corrected chi connectivity index (χ2v) is 7.49. The number of allylic oxidation sites excluding steroid dienone is 1. The fraction of sp³-hybridized carbons (Fsp3) is 0.154. The minimum Gasteiger partial charge on any atom is -0.497 e. The molecule has 4 aromatic rings. The molecule has 0 unspecified atom stereocenters. The van der Waals surface area contributed by atoms with Crippen molar-refractivity contribution in [1.82, 2.24) is 9.97 Å². The van der Waals surface area contributed by atoms with Crippen molar-refractivity contribution in [2.75, 3.05) is 13.7 Å². The number of aromatic amines is 1. The van der Waals surface area contributed by atoms with E-state index in [0.29, 0.717) is 35.3 Å². The predicted molar refractivity (Wildman–Crippen MR) is 131 cm³/mol. The molecule has 9 nitrogen and oxygen atoms in total. The van der Waals surface area contributed by atoms with Gasteiger partial charge in [0.15, 0.2) is 11.5 Å². The van der Waals surface area contributed by atoms with Crippen molar-refractivity contribution in [3.05, 3.63) is 87.7 Å². The Kier molecular flexibility index (Phi) is 6.93. The Balaban J connectivity index is 1.57. The van der Waals surface area contributed by atoms with E-state index in [4.69, 9.17) is 14.2 Å². The summed E-state index contributed by atoms with van der Waals surface area (Å²) in [5.41, 5.74) is 3.41. The summed E-state index contributed by atoms with van der Waals surface area (Å²) in [7, 11) is 1.59. The Hall–Kier alpha value is -4.84. The number of methoxy groups -OCH3 is 1. The number of aromatic nitrogens is 2. The van der Waals surface area contributed by atoms with Gasteiger partial charge in [-0.1, -0.05) is 6.07 Å². The molecule has 1 N–H and O–H groups in total. The number of benzene rings is 3. The molecule has 0 fully saturated rings. The molecule has 0 atom stereocenters. The molecule has 1 aromatic heterocycles. The van der Waals surface area contributed by atoms with Crippen LogP contribution in [0, 0.1) is 21.4 Å². The van der Waals surface area contributed by atoms with Gasteiger partial charge < -0.3 is 19.2 Å². The number of rotatable bonds is 9. The number of non-ortho nitro benzene ring substituents is 1. The fourth-order valence-corrected chi connectivity index (χ4v) is 3.44. The first-order chi connectivity index (χ1) is 17.0. The zero-order valence-corrected chi connectivity index (χ0v) is 19.1. The Morgan fingerprint density at radius 1 is 1.11 bits per heavy atom. The van der Waals surface area contributed by atoms with E-state index in [1.807, 2.05) is 31.2 Å². The van der Waals surface area contributed by atoms with E-state index in [1.54, 1.807) is 37.5 Å². The first-order valence-electron chi connectivity index (χ1n) is 10.8. The number of nitro groups is 1. The molecule has 0 aliphatic rings. The molecule has 0 saturated carbocycles. The predicted octanol–water partition coefficient (Wildman–Crippen LogP) is 5.52. The lowest BCUT2D eigenvalue weighted by Crippen LogP contribution is -2.00. The van der Waals surface area contributed by atoms with Gasteiger partial charge in [-0.05, 0) is 60.5 Å². The fourth-order valence-electron chi connectivity index (χ4n) is 3.44. The summed E-state index contributed by atoms with van der Waals surface area (Å²) in [6.45, 7) is 2.52. The average Bonchev–Trinajstić information content (AvgIpc) is 3.30. The third kappa shape index (κ3) is 5.39. The van der Waals surface area contributed by atoms with Crippen molar-refractivity contribution in [2.45, 2.75) is 13.5 Å². The van der Waals surface area contributed by atoms with Gasteiger partial charge in [-0.2, -0.15) is 5.26 Å². The van der Waals surface area contributed by atoms with E-state index in [1.165, 1.54) is 12.1 Å². The van der Waals surface area contributed by atoms with Gasteiger partial charge in [0.25, 0.3) is 5.69 Å². The van der Waals surface area contributed by atoms with Crippen LogP contribution in [0.4, 0.5) is 5.69 Å². The molecule has 176 valence electrons. The van der Waals surface area contributed by atoms with Gasteiger partial charge in [0, 0.05) is 18.2 Å². The number of H-pyrrole nitrogens is 1. The minimum absolute atomic E-state index is 0.0248. The van der Waals surface area contributed by atoms with Crippen molar-refractivity contribution in [3.8, 4) is 23.3 Å². The quantitative estimate of drug-likeness (QED) is 0.194. The van der Waals surface area contributed by atoms with Crippen LogP contribution in [-0.4, -0.2) is 28.6 Å². The molecular weight excluding hydrogens is 448 g/mol. The maximum absolute atomic E-state index is 10.8. The third-order valence-corrected chi connectivity index (χ3v) is 5.18. The van der Waals surface area contributed by atoms with Crippen LogP contribution >= 0.6 is 0 Å². The van der Waals surface area contributed by atoms with Crippen LogP contribution in [0.5, 0.6) is 17.2 Å². The minimum atomic E-state index is -0.443. The molecule has 0 radical (unpaired) electrons. The van der Waals surface area contributed by atoms with Gasteiger partial charge in [0.1, 0.15) is 24.3 Å². The topological polar surface area (TPSA) is 123 Å². The van der Waals surface area contributed by atoms with Gasteiger partial charge in [0.05, 0.1) is 35.2 Å². The second-order valence-electron chi connectivity index (χ2n) is 7.49. The maximum Gasteiger partial charge on any atom is 0.269 e. The van der Waals surface area contributed by atoms with Crippen LogP contribution in [0.25, 0.3) is 22.7 Å². The number of hydrogen-bond donors (Lipinski definition) is 1. The van der Waals surface area contributed by atoms with E-state index < -0.39 is 4.92 Å². The first-order valence-corrected chi connectivity index (χ1v) is 10.8. The molecule has 9 heteroatoms. The highest BCUT2D eigenvalue weighted by Gasteiger charge is 2.12. The lowest BCUT2D eigenvalue weighted by molar-refractivity contribution is -0.384. The molecule has 4 rings (SSSR count). The molecule has 35 heavy (non-hydrogen) atoms. The lowest BCUT2D eigenvalue weighted by Gasteiger charge is -2.13. The van der Waals surface area contributed by atoms with E-state index in [0.717, 1.165) is 22.2 Å². The van der Waals surface area contributed by atoms with Crippen molar-refractivity contribution in [1.29, 1.82) is 5.26 Å². The average molecular weight is 470 g/mol. The SMILES string of the molecule is CCOc1cc(/C=C(\C#N)c2nc3ccc(OC)cc3[nH]2)ccc1OCc1ccc([N+](=O)[O-])cc1. The van der Waals surface area contributed by atoms with Gasteiger partial charge in [-0.3, -0.25) is 10.1 Å². The largest absolute Gasteiger partial charge is 0.497 e. The van der Waals surface area contributed by atoms with E-state index in [9.17, 15) is 15.4 Å². The molecule has 0 aliphatic carbocycles. The van der Waals surface area contributed by atoms with Crippen molar-refractivity contribution >= 4 is 28.4 Å². The number of nitro benzene ring substituents is 1. The summed E-state index contributed by atoms with van der Waals surface area (Å²) in [4.78, 5) is 18.1. The maximum atomic E-state index is 10.8. The van der Waals surface area contributed by atoms with Gasteiger partial charge in [-0.15, -0.1) is 0 Å². The smallest absolute Gasteiger partial charge is 0.269 e. The molecule has 0 spiro atoms. The number of nitrogens with one attached hydrogen (secondary N) is 1. The number of fused-ring (bicyclic) bond motifs is 1. The van der Waals surface area contributed by atoms with Crippen LogP contribution in [0.1, 0.15) is 23.9 Å². The van der Waals surface area contributed by atoms with Crippen molar-refractivity contribution in [3.63, 3.8) is 0 Å². The van der Waals surface area contributed by atoms with Crippen molar-refractivity contribution < 1.29 is 19.1 Å². The molecular formula is C26H22N4O5. The standard InChI is InChI=1S/C26H22N4O5/c1-3-34-25-13-18(6-11-24(25)35-16-17-4-7-20(8-5-17)30(31)32)12-19(15-27)26-28-22-10-9-21(33-2)14-23(22)29-26/h4-14H,3,16H2,1-2H3,(H,28,29)/b19-12+. The monoisotopic (exact) mass is 470 g/mol. The summed E-state index contributed by atoms with van der Waals surface area (Å²) < 4.78 is 16.9. The summed E-state index contributed by atoms with van der Waals surface area (Å²) >= 11 is 0. The van der Waals surface area contributed by atoms with Crippen LogP contribution in [0.15, 0.2) is 60.7 Å².